The maximum absolute atomic E-state index is 13.9. The molecule has 0 amide bonds. The number of hydrogen-bond donors (Lipinski definition) is 2. The number of hydrazone groups is 1. The molecule has 3 aromatic rings. The van der Waals surface area contributed by atoms with Crippen LogP contribution in [0.3, 0.4) is 0 Å². The van der Waals surface area contributed by atoms with Crippen LogP contribution in [0.2, 0.25) is 0 Å². The van der Waals surface area contributed by atoms with Gasteiger partial charge in [-0.05, 0) is 55.2 Å². The zero-order chi connectivity index (χ0) is 24.4. The first-order valence-corrected chi connectivity index (χ1v) is 10.5. The number of hydrogen-bond acceptors (Lipinski definition) is 5. The van der Waals surface area contributed by atoms with Crippen LogP contribution in [0.15, 0.2) is 58.2 Å². The number of halogens is 4. The van der Waals surface area contributed by atoms with Crippen molar-refractivity contribution in [2.45, 2.75) is 32.0 Å². The zero-order valence-corrected chi connectivity index (χ0v) is 18.2. The maximum Gasteiger partial charge on any atom is 0.416 e. The van der Waals surface area contributed by atoms with Crippen molar-refractivity contribution in [3.05, 3.63) is 82.8 Å². The van der Waals surface area contributed by atoms with Crippen LogP contribution in [0.5, 0.6) is 5.75 Å². The molecule has 0 bridgehead atoms. The van der Waals surface area contributed by atoms with E-state index in [9.17, 15) is 17.6 Å². The molecule has 2 aromatic carbocycles. The van der Waals surface area contributed by atoms with E-state index in [1.807, 2.05) is 24.3 Å². The Labute approximate surface area is 194 Å². The molecule has 0 saturated carbocycles. The van der Waals surface area contributed by atoms with E-state index in [-0.39, 0.29) is 18.1 Å². The predicted molar refractivity (Wildman–Crippen MR) is 121 cm³/mol. The molecule has 0 saturated heterocycles. The normalized spacial score (nSPS) is 12.0. The molecule has 0 unspecified atom stereocenters. The summed E-state index contributed by atoms with van der Waals surface area (Å²) in [5, 5.41) is 3.73. The second-order valence-electron chi connectivity index (χ2n) is 7.32. The topological polar surface area (TPSA) is 85.7 Å². The van der Waals surface area contributed by atoms with Gasteiger partial charge in [-0.15, -0.1) is 0 Å². The van der Waals surface area contributed by atoms with E-state index in [1.54, 1.807) is 0 Å². The quantitative estimate of drug-likeness (QED) is 0.127. The number of nitrogens with zero attached hydrogens (tertiary/aromatic N) is 2. The Kier molecular flexibility index (Phi) is 8.66. The van der Waals surface area contributed by atoms with Crippen molar-refractivity contribution in [3.8, 4) is 5.75 Å². The van der Waals surface area contributed by atoms with Crippen LogP contribution in [0, 0.1) is 5.82 Å². The van der Waals surface area contributed by atoms with E-state index in [0.717, 1.165) is 37.9 Å². The predicted octanol–water partition coefficient (Wildman–Crippen LogP) is 5.40. The Morgan fingerprint density at radius 1 is 1.09 bits per heavy atom. The summed E-state index contributed by atoms with van der Waals surface area (Å²) >= 11 is 0. The van der Waals surface area contributed by atoms with Crippen molar-refractivity contribution < 1.29 is 26.7 Å². The van der Waals surface area contributed by atoms with Crippen molar-refractivity contribution in [2.75, 3.05) is 6.54 Å². The van der Waals surface area contributed by atoms with E-state index < -0.39 is 17.6 Å². The van der Waals surface area contributed by atoms with Crippen LogP contribution >= 0.6 is 0 Å². The third-order valence-electron chi connectivity index (χ3n) is 4.78. The highest BCUT2D eigenvalue weighted by Crippen LogP contribution is 2.30. The minimum absolute atomic E-state index is 0.00980. The highest BCUT2D eigenvalue weighted by Gasteiger charge is 2.30. The fraction of sp³-hybridized carbons (Fsp3) is 0.250. The molecule has 3 N–H and O–H groups in total. The first-order valence-electron chi connectivity index (χ1n) is 10.5. The summed E-state index contributed by atoms with van der Waals surface area (Å²) in [6.07, 6.45) is 3.63. The van der Waals surface area contributed by atoms with Gasteiger partial charge in [0.25, 0.3) is 0 Å². The Bertz CT molecular complexity index is 1110. The Balaban J connectivity index is 1.47. The molecule has 180 valence electrons. The molecule has 0 aliphatic heterocycles. The summed E-state index contributed by atoms with van der Waals surface area (Å²) in [6.45, 7) is 0.932. The maximum atomic E-state index is 13.9. The van der Waals surface area contributed by atoms with Gasteiger partial charge in [0.15, 0.2) is 0 Å². The first-order chi connectivity index (χ1) is 16.3. The fourth-order valence-electron chi connectivity index (χ4n) is 3.03. The average Bonchev–Trinajstić information content (AvgIpc) is 3.27. The molecule has 0 atom stereocenters. The van der Waals surface area contributed by atoms with Crippen LogP contribution in [-0.4, -0.2) is 17.9 Å². The van der Waals surface area contributed by atoms with Gasteiger partial charge in [-0.25, -0.2) is 9.37 Å². The minimum atomic E-state index is -4.60. The number of aromatic nitrogens is 1. The van der Waals surface area contributed by atoms with Crippen LogP contribution < -0.4 is 15.9 Å². The number of ether oxygens (including phenoxy) is 1. The van der Waals surface area contributed by atoms with Crippen molar-refractivity contribution >= 4 is 18.5 Å². The molecular formula is C24H24F4N4O2. The van der Waals surface area contributed by atoms with Crippen molar-refractivity contribution in [3.63, 3.8) is 0 Å². The molecule has 0 aliphatic carbocycles. The number of nitrogens with two attached hydrogens (primary N) is 1. The van der Waals surface area contributed by atoms with Gasteiger partial charge >= 0.3 is 6.18 Å². The largest absolute Gasteiger partial charge is 0.487 e. The van der Waals surface area contributed by atoms with E-state index in [2.05, 4.69) is 15.5 Å². The number of nitrogens with one attached hydrogen (secondary N) is 1. The summed E-state index contributed by atoms with van der Waals surface area (Å²) in [4.78, 5) is 4.21. The number of aryl methyl sites for hydroxylation is 1. The van der Waals surface area contributed by atoms with Gasteiger partial charge in [0, 0.05) is 18.2 Å². The summed E-state index contributed by atoms with van der Waals surface area (Å²) in [6, 6.07) is 10.1. The van der Waals surface area contributed by atoms with Crippen molar-refractivity contribution in [1.82, 2.24) is 10.4 Å². The number of rotatable bonds is 11. The molecule has 6 nitrogen and oxygen atoms in total. The van der Waals surface area contributed by atoms with E-state index in [0.29, 0.717) is 17.5 Å². The number of benzene rings is 2. The smallest absolute Gasteiger partial charge is 0.416 e. The molecular weight excluding hydrogens is 452 g/mol. The SMILES string of the molecule is N/C=N\NCCCCc1ccc(OCc2coc(/C=C/c3ccc(C(F)(F)F)cc3F)n2)cc1. The minimum Gasteiger partial charge on any atom is -0.487 e. The lowest BCUT2D eigenvalue weighted by molar-refractivity contribution is -0.137. The Morgan fingerprint density at radius 2 is 1.88 bits per heavy atom. The molecule has 0 fully saturated rings. The highest BCUT2D eigenvalue weighted by molar-refractivity contribution is 5.66. The van der Waals surface area contributed by atoms with Crippen molar-refractivity contribution in [2.24, 2.45) is 10.8 Å². The van der Waals surface area contributed by atoms with Crippen LogP contribution in [-0.2, 0) is 19.2 Å². The summed E-state index contributed by atoms with van der Waals surface area (Å²) in [5.74, 6) is -0.128. The third-order valence-corrected chi connectivity index (χ3v) is 4.78. The standard InChI is InChI=1S/C24H24F4N4O2/c25-22-13-19(24(26,27)28)8-6-18(22)7-11-23-32-20(15-34-23)14-33-21-9-4-17(5-10-21)3-1-2-12-30-31-16-29/h4-11,13,15-16,30H,1-3,12,14H2,(H2,29,31)/b11-7+. The molecule has 34 heavy (non-hydrogen) atoms. The Hall–Kier alpha value is -3.82. The van der Waals surface area contributed by atoms with E-state index >= 15 is 0 Å². The molecule has 1 aromatic heterocycles. The van der Waals surface area contributed by atoms with Gasteiger partial charge < -0.3 is 20.3 Å². The van der Waals surface area contributed by atoms with Crippen LogP contribution in [0.4, 0.5) is 17.6 Å². The number of oxazole rings is 1. The summed E-state index contributed by atoms with van der Waals surface area (Å²) in [7, 11) is 0. The van der Waals surface area contributed by atoms with Gasteiger partial charge in [-0.1, -0.05) is 18.2 Å². The second kappa shape index (κ2) is 11.9. The van der Waals surface area contributed by atoms with Gasteiger partial charge in [0.2, 0.25) is 5.89 Å². The lowest BCUT2D eigenvalue weighted by atomic mass is 10.1. The molecule has 0 radical (unpaired) electrons. The first kappa shape index (κ1) is 24.8. The number of alkyl halides is 3. The third kappa shape index (κ3) is 7.65. The molecule has 10 heteroatoms. The second-order valence-corrected chi connectivity index (χ2v) is 7.32. The van der Waals surface area contributed by atoms with Gasteiger partial charge in [0.05, 0.1) is 5.56 Å². The monoisotopic (exact) mass is 476 g/mol. The summed E-state index contributed by atoms with van der Waals surface area (Å²) < 4.78 is 62.8. The van der Waals surface area contributed by atoms with E-state index in [1.165, 1.54) is 30.3 Å². The lowest BCUT2D eigenvalue weighted by Crippen LogP contribution is -2.09. The zero-order valence-electron chi connectivity index (χ0n) is 18.2. The van der Waals surface area contributed by atoms with Crippen LogP contribution in [0.1, 0.15) is 41.1 Å². The van der Waals surface area contributed by atoms with E-state index in [4.69, 9.17) is 14.9 Å². The number of unbranched alkanes of at least 4 members (excludes halogenated alkanes) is 1. The Morgan fingerprint density at radius 3 is 2.59 bits per heavy atom. The summed E-state index contributed by atoms with van der Waals surface area (Å²) in [5.41, 5.74) is 8.65. The van der Waals surface area contributed by atoms with Crippen LogP contribution in [0.25, 0.3) is 12.2 Å². The lowest BCUT2D eigenvalue weighted by Gasteiger charge is -2.07. The van der Waals surface area contributed by atoms with Gasteiger partial charge in [-0.2, -0.15) is 18.3 Å². The molecule has 3 rings (SSSR count). The fourth-order valence-corrected chi connectivity index (χ4v) is 3.03. The molecule has 1 heterocycles. The van der Waals surface area contributed by atoms with Gasteiger partial charge in [-0.3, -0.25) is 0 Å². The average molecular weight is 476 g/mol. The highest BCUT2D eigenvalue weighted by atomic mass is 19.4. The molecule has 0 spiro atoms. The van der Waals surface area contributed by atoms with Gasteiger partial charge in [0.1, 0.15) is 36.5 Å². The molecule has 0 aliphatic rings. The van der Waals surface area contributed by atoms with Crippen molar-refractivity contribution in [1.29, 1.82) is 0 Å².